The largest absolute Gasteiger partial charge is 0.496 e. The molecule has 4 saturated carbocycles. The number of anilines is 2. The van der Waals surface area contributed by atoms with Crippen LogP contribution < -0.4 is 41.4 Å². The fourth-order valence-corrected chi connectivity index (χ4v) is 14.9. The van der Waals surface area contributed by atoms with E-state index in [4.69, 9.17) is 39.0 Å². The third-order valence-corrected chi connectivity index (χ3v) is 20.8. The lowest BCUT2D eigenvalue weighted by atomic mass is 9.48. The zero-order chi connectivity index (χ0) is 76.3. The van der Waals surface area contributed by atoms with Crippen molar-refractivity contribution < 1.29 is 68.6 Å². The molecule has 0 unspecified atom stereocenters. The van der Waals surface area contributed by atoms with Gasteiger partial charge in [-0.1, -0.05) is 19.9 Å². The quantitative estimate of drug-likeness (QED) is 0.00854. The van der Waals surface area contributed by atoms with Crippen LogP contribution in [0.3, 0.4) is 0 Å². The Morgan fingerprint density at radius 2 is 1.09 bits per heavy atom. The Labute approximate surface area is 627 Å². The van der Waals surface area contributed by atoms with Gasteiger partial charge in [0.2, 0.25) is 29.5 Å². The summed E-state index contributed by atoms with van der Waals surface area (Å²) in [7, 11) is 8.94. The van der Waals surface area contributed by atoms with E-state index in [9.17, 15) is 59.1 Å². The summed E-state index contributed by atoms with van der Waals surface area (Å²) in [5.74, 6) is -2.28. The van der Waals surface area contributed by atoms with Gasteiger partial charge in [0.15, 0.2) is 15.9 Å². The molecule has 28 nitrogen and oxygen atoms in total. The molecule has 4 bridgehead atoms. The summed E-state index contributed by atoms with van der Waals surface area (Å²) in [6.45, 7) is 9.90. The second-order valence-electron chi connectivity index (χ2n) is 28.3. The van der Waals surface area contributed by atoms with Crippen LogP contribution >= 0.6 is 24.4 Å². The van der Waals surface area contributed by atoms with Crippen molar-refractivity contribution in [3.05, 3.63) is 83.6 Å². The molecule has 4 aliphatic rings. The number of hydrogen-bond donors (Lipinski definition) is 10. The Morgan fingerprint density at radius 3 is 1.58 bits per heavy atom. The van der Waals surface area contributed by atoms with Crippen LogP contribution in [0.5, 0.6) is 11.5 Å². The molecule has 0 saturated heterocycles. The van der Waals surface area contributed by atoms with E-state index >= 15 is 0 Å². The van der Waals surface area contributed by atoms with E-state index in [2.05, 4.69) is 43.8 Å². The smallest absolute Gasteiger partial charge is 0.330 e. The lowest BCUT2D eigenvalue weighted by molar-refractivity contribution is -0.166. The number of rotatable bonds is 43. The topological polar surface area (TPSA) is 345 Å². The van der Waals surface area contributed by atoms with Gasteiger partial charge in [0.1, 0.15) is 17.0 Å². The first-order valence-electron chi connectivity index (χ1n) is 36.8. The minimum Gasteiger partial charge on any atom is -0.496 e. The number of nitrogens with zero attached hydrogens (tertiary/aromatic N) is 8. The maximum absolute atomic E-state index is 14.6. The number of thiocarbonyl (C=S) groups is 2. The summed E-state index contributed by atoms with van der Waals surface area (Å²) in [6.07, 6.45) is 11.0. The van der Waals surface area contributed by atoms with E-state index in [1.807, 2.05) is 68.3 Å². The molecule has 0 atom stereocenters. The molecule has 0 spiro atoms. The molecule has 1 heterocycles. The molecule has 0 aliphatic heterocycles. The van der Waals surface area contributed by atoms with Gasteiger partial charge in [-0.05, 0) is 243 Å². The molecular weight excluding hydrogens is 1390 g/mol. The van der Waals surface area contributed by atoms with Gasteiger partial charge in [0, 0.05) is 116 Å². The van der Waals surface area contributed by atoms with E-state index < -0.39 is 35.1 Å². The number of benzene rings is 3. The Morgan fingerprint density at radius 1 is 0.590 bits per heavy atom. The standard InChI is InChI=1S/C75H110N14O14S2/c1-50(2)59-48-54(23-28-61(59)89-62(69-63(102-7)21-18-22-64(69)103-8)49-60(82-89)70(95)81-75(72(97)98)55-44-52-43-53(46-55)47-56(75)45-52)71(96)84(5)38-19-36-83(4)37-20-39-85(6)74(105)80-58-26-24-57(25-27-58)79-73(104)78-35-14-11-17-42-88(101)68(94)32-30-66(92)77-34-13-10-16-41-87(100)67(93)31-29-65(91)76-33-12-9-15-40-86(99)51(3)90/h18,21-28,48-50,52-53,55-56,99-101H,9-17,19-20,29-47H2,1-8H3,(H,76,91)(H,77,92)(H,80,105)(H,81,95)(H,97,98)(H2,78,79,104). The lowest BCUT2D eigenvalue weighted by Crippen LogP contribution is -2.70. The van der Waals surface area contributed by atoms with E-state index in [0.717, 1.165) is 87.9 Å². The number of aromatic nitrogens is 2. The van der Waals surface area contributed by atoms with Gasteiger partial charge in [0.25, 0.3) is 11.8 Å². The van der Waals surface area contributed by atoms with E-state index in [0.29, 0.717) is 149 Å². The van der Waals surface area contributed by atoms with Crippen LogP contribution in [0.2, 0.25) is 0 Å². The number of carboxylic acid groups (broad SMARTS) is 1. The number of aliphatic carboxylic acids is 1. The first-order valence-corrected chi connectivity index (χ1v) is 37.7. The number of hydroxylamine groups is 6. The molecule has 3 aromatic carbocycles. The van der Waals surface area contributed by atoms with Crippen molar-refractivity contribution in [2.75, 3.05) is 111 Å². The summed E-state index contributed by atoms with van der Waals surface area (Å²) < 4.78 is 13.4. The van der Waals surface area contributed by atoms with Crippen LogP contribution in [-0.2, 0) is 28.8 Å². The highest BCUT2D eigenvalue weighted by Crippen LogP contribution is 2.58. The number of ether oxygens (including phenoxy) is 2. The van der Waals surface area contributed by atoms with Crippen LogP contribution in [0.4, 0.5) is 11.4 Å². The number of unbranched alkanes of at least 4 members (excludes halogenated alkanes) is 6. The third-order valence-electron chi connectivity index (χ3n) is 20.1. The van der Waals surface area contributed by atoms with Crippen molar-refractivity contribution in [2.24, 2.45) is 23.7 Å². The molecule has 10 N–H and O–H groups in total. The number of carbonyl (C=O) groups excluding carboxylic acids is 7. The number of nitrogens with one attached hydrogen (secondary N) is 6. The second-order valence-corrected chi connectivity index (χ2v) is 29.1. The van der Waals surface area contributed by atoms with E-state index in [1.54, 1.807) is 55.1 Å². The number of carboxylic acids is 1. The average molecular weight is 1500 g/mol. The normalized spacial score (nSPS) is 17.0. The van der Waals surface area contributed by atoms with Gasteiger partial charge in [-0.2, -0.15) is 5.10 Å². The van der Waals surface area contributed by atoms with Crippen molar-refractivity contribution >= 4 is 93.4 Å². The fourth-order valence-electron chi connectivity index (χ4n) is 14.4. The minimum absolute atomic E-state index is 0.0584. The Kier molecular flexibility index (Phi) is 33.0. The Bertz CT molecular complexity index is 3560. The summed E-state index contributed by atoms with van der Waals surface area (Å²) in [5.41, 5.74) is 3.33. The summed E-state index contributed by atoms with van der Waals surface area (Å²) in [5, 5.41) is 66.6. The molecule has 576 valence electrons. The van der Waals surface area contributed by atoms with Crippen molar-refractivity contribution in [1.82, 2.24) is 60.9 Å². The molecule has 4 aromatic rings. The average Bonchev–Trinajstić information content (AvgIpc) is 1.14. The molecule has 4 aliphatic carbocycles. The van der Waals surface area contributed by atoms with E-state index in [-0.39, 0.29) is 86.5 Å². The third kappa shape index (κ3) is 24.5. The number of hydrogen-bond acceptors (Lipinski definition) is 17. The molecule has 30 heteroatoms. The first-order chi connectivity index (χ1) is 50.2. The minimum atomic E-state index is -1.37. The molecule has 7 amide bonds. The highest BCUT2D eigenvalue weighted by atomic mass is 32.1. The first kappa shape index (κ1) is 83.7. The highest BCUT2D eigenvalue weighted by molar-refractivity contribution is 7.80. The van der Waals surface area contributed by atoms with Gasteiger partial charge in [-0.3, -0.25) is 49.2 Å². The van der Waals surface area contributed by atoms with Gasteiger partial charge in [-0.25, -0.2) is 24.7 Å². The van der Waals surface area contributed by atoms with Crippen molar-refractivity contribution in [3.8, 4) is 28.4 Å². The summed E-state index contributed by atoms with van der Waals surface area (Å²) in [4.78, 5) is 108. The number of amides is 7. The predicted molar refractivity (Wildman–Crippen MR) is 406 cm³/mol. The molecule has 1 aromatic heterocycles. The molecule has 0 radical (unpaired) electrons. The van der Waals surface area contributed by atoms with Gasteiger partial charge >= 0.3 is 5.97 Å². The predicted octanol–water partition coefficient (Wildman–Crippen LogP) is 9.07. The van der Waals surface area contributed by atoms with Gasteiger partial charge < -0.3 is 61.2 Å². The Balaban J connectivity index is 0.734. The fraction of sp³-hybridized carbons (Fsp3) is 0.587. The monoisotopic (exact) mass is 1490 g/mol. The van der Waals surface area contributed by atoms with Crippen LogP contribution in [0, 0.1) is 23.7 Å². The number of methoxy groups -OCH3 is 2. The number of carbonyl (C=O) groups is 8. The molecular formula is C75H110N14O14S2. The summed E-state index contributed by atoms with van der Waals surface area (Å²) in [6, 6.07) is 20.2. The van der Waals surface area contributed by atoms with Crippen LogP contribution in [0.15, 0.2) is 66.7 Å². The highest BCUT2D eigenvalue weighted by Gasteiger charge is 2.62. The molecule has 4 fully saturated rings. The summed E-state index contributed by atoms with van der Waals surface area (Å²) >= 11 is 11.3. The van der Waals surface area contributed by atoms with Gasteiger partial charge in [0.05, 0.1) is 31.2 Å². The van der Waals surface area contributed by atoms with Crippen molar-refractivity contribution in [3.63, 3.8) is 0 Å². The maximum atomic E-state index is 14.6. The van der Waals surface area contributed by atoms with Gasteiger partial charge in [-0.15, -0.1) is 0 Å². The lowest BCUT2D eigenvalue weighted by Gasteiger charge is -2.59. The molecule has 105 heavy (non-hydrogen) atoms. The van der Waals surface area contributed by atoms with Crippen LogP contribution in [0.25, 0.3) is 16.9 Å². The second kappa shape index (κ2) is 41.4. The van der Waals surface area contributed by atoms with Crippen molar-refractivity contribution in [1.29, 1.82) is 0 Å². The molecule has 8 rings (SSSR count). The van der Waals surface area contributed by atoms with Crippen LogP contribution in [0.1, 0.15) is 182 Å². The SMILES string of the molecule is COc1cccc(OC)c1-c1cc(C(=O)NC2(C(=O)O)C3CC4CC(C3)CC2C4)nn1-c1ccc(C(=O)N(C)CCCN(C)CCCN(C)C(=S)Nc2ccc(NC(=S)NCCCCCN(O)C(=O)CCC(=O)NCCCCCN(O)C(=O)CCC(=O)NCCCCCN(O)C(C)=O)cc2)cc1C(C)C. The zero-order valence-electron chi connectivity index (χ0n) is 62.2. The zero-order valence-corrected chi connectivity index (χ0v) is 63.8. The van der Waals surface area contributed by atoms with Crippen molar-refractivity contribution in [2.45, 2.75) is 161 Å². The van der Waals surface area contributed by atoms with Crippen LogP contribution in [-0.4, -0.2) is 224 Å². The van der Waals surface area contributed by atoms with E-state index in [1.165, 1.54) is 6.92 Å². The Hall–Kier alpha value is -8.55. The maximum Gasteiger partial charge on any atom is 0.330 e.